The molecule has 5 fully saturated rings. The van der Waals surface area contributed by atoms with Gasteiger partial charge in [0.15, 0.2) is 0 Å². The van der Waals surface area contributed by atoms with Crippen LogP contribution in [-0.2, 0) is 4.79 Å². The van der Waals surface area contributed by atoms with Crippen LogP contribution in [0.15, 0.2) is 0 Å². The van der Waals surface area contributed by atoms with Crippen molar-refractivity contribution in [1.82, 2.24) is 4.90 Å². The van der Waals surface area contributed by atoms with Crippen molar-refractivity contribution >= 4 is 21.8 Å². The summed E-state index contributed by atoms with van der Waals surface area (Å²) in [6.45, 7) is 1.50. The van der Waals surface area contributed by atoms with Gasteiger partial charge in [0, 0.05) is 23.8 Å². The second kappa shape index (κ2) is 4.95. The van der Waals surface area contributed by atoms with Crippen molar-refractivity contribution < 1.29 is 9.90 Å². The Labute approximate surface area is 135 Å². The van der Waals surface area contributed by atoms with Gasteiger partial charge in [-0.1, -0.05) is 15.9 Å². The summed E-state index contributed by atoms with van der Waals surface area (Å²) in [5.41, 5.74) is 0.279. The van der Waals surface area contributed by atoms with Crippen LogP contribution in [0.1, 0.15) is 57.8 Å². The third-order valence-electron chi connectivity index (χ3n) is 6.45. The van der Waals surface area contributed by atoms with E-state index < -0.39 is 0 Å². The van der Waals surface area contributed by atoms with E-state index in [0.717, 1.165) is 44.2 Å². The molecule has 2 atom stereocenters. The summed E-state index contributed by atoms with van der Waals surface area (Å²) in [6.07, 6.45) is 9.89. The lowest BCUT2D eigenvalue weighted by atomic mass is 9.48. The predicted octanol–water partition coefficient (Wildman–Crippen LogP) is 3.09. The van der Waals surface area contributed by atoms with Crippen molar-refractivity contribution in [1.29, 1.82) is 0 Å². The zero-order chi connectivity index (χ0) is 14.7. The van der Waals surface area contributed by atoms with Crippen molar-refractivity contribution in [3.05, 3.63) is 0 Å². The van der Waals surface area contributed by atoms with E-state index in [9.17, 15) is 9.90 Å². The quantitative estimate of drug-likeness (QED) is 0.773. The van der Waals surface area contributed by atoms with Gasteiger partial charge in [0.05, 0.1) is 6.10 Å². The van der Waals surface area contributed by atoms with Gasteiger partial charge in [-0.15, -0.1) is 0 Å². The number of likely N-dealkylation sites (tertiary alicyclic amines) is 1. The summed E-state index contributed by atoms with van der Waals surface area (Å²) in [6, 6.07) is 0. The number of piperidine rings is 1. The van der Waals surface area contributed by atoms with Crippen LogP contribution in [0, 0.1) is 17.3 Å². The Kier molecular flexibility index (Phi) is 3.42. The van der Waals surface area contributed by atoms with Crippen molar-refractivity contribution in [2.24, 2.45) is 17.3 Å². The van der Waals surface area contributed by atoms with E-state index in [4.69, 9.17) is 0 Å². The Morgan fingerprint density at radius 3 is 2.33 bits per heavy atom. The topological polar surface area (TPSA) is 40.5 Å². The first-order valence-electron chi connectivity index (χ1n) is 8.60. The van der Waals surface area contributed by atoms with Crippen LogP contribution in [0.25, 0.3) is 0 Å². The minimum Gasteiger partial charge on any atom is -0.393 e. The highest BCUT2D eigenvalue weighted by Gasteiger charge is 2.57. The van der Waals surface area contributed by atoms with Crippen LogP contribution in [-0.4, -0.2) is 39.4 Å². The summed E-state index contributed by atoms with van der Waals surface area (Å²) in [5.74, 6) is 2.04. The standard InChI is InChI=1S/C17H26BrNO2/c18-17-8-12-5-13(9-17)7-16(6-12,11-17)10-15(21)19-3-1-14(20)2-4-19/h12-14,20H,1-11H2. The van der Waals surface area contributed by atoms with Crippen molar-refractivity contribution in [3.8, 4) is 0 Å². The van der Waals surface area contributed by atoms with Crippen molar-refractivity contribution in [2.75, 3.05) is 13.1 Å². The maximum absolute atomic E-state index is 12.7. The first-order chi connectivity index (χ1) is 9.95. The normalized spacial score (nSPS) is 46.1. The molecule has 0 radical (unpaired) electrons. The fraction of sp³-hybridized carbons (Fsp3) is 0.941. The van der Waals surface area contributed by atoms with E-state index in [2.05, 4.69) is 15.9 Å². The van der Waals surface area contributed by atoms with E-state index in [1.165, 1.54) is 38.5 Å². The number of halogens is 1. The third-order valence-corrected chi connectivity index (χ3v) is 7.38. The lowest BCUT2D eigenvalue weighted by molar-refractivity contribution is -0.140. The summed E-state index contributed by atoms with van der Waals surface area (Å²) in [4.78, 5) is 14.7. The van der Waals surface area contributed by atoms with Crippen molar-refractivity contribution in [3.63, 3.8) is 0 Å². The molecular weight excluding hydrogens is 330 g/mol. The monoisotopic (exact) mass is 355 g/mol. The molecule has 0 aromatic heterocycles. The molecule has 4 saturated carbocycles. The molecule has 2 unspecified atom stereocenters. The van der Waals surface area contributed by atoms with Gasteiger partial charge in [-0.3, -0.25) is 4.79 Å². The zero-order valence-corrected chi connectivity index (χ0v) is 14.3. The Morgan fingerprint density at radius 1 is 1.14 bits per heavy atom. The van der Waals surface area contributed by atoms with Crippen LogP contribution < -0.4 is 0 Å². The highest BCUT2D eigenvalue weighted by atomic mass is 79.9. The molecule has 1 saturated heterocycles. The molecule has 5 rings (SSSR count). The highest BCUT2D eigenvalue weighted by Crippen LogP contribution is 2.65. The predicted molar refractivity (Wildman–Crippen MR) is 85.2 cm³/mol. The molecule has 118 valence electrons. The molecule has 5 aliphatic rings. The molecule has 21 heavy (non-hydrogen) atoms. The second-order valence-corrected chi connectivity index (χ2v) is 10.1. The number of carbonyl (C=O) groups is 1. The van der Waals surface area contributed by atoms with Gasteiger partial charge in [0.2, 0.25) is 5.91 Å². The first kappa shape index (κ1) is 14.5. The van der Waals surface area contributed by atoms with Gasteiger partial charge in [-0.05, 0) is 68.6 Å². The number of carbonyl (C=O) groups excluding carboxylic acids is 1. The summed E-state index contributed by atoms with van der Waals surface area (Å²) in [5, 5.41) is 9.60. The van der Waals surface area contributed by atoms with Crippen LogP contribution >= 0.6 is 15.9 Å². The molecule has 3 nitrogen and oxygen atoms in total. The molecule has 0 aromatic carbocycles. The minimum atomic E-state index is -0.195. The smallest absolute Gasteiger partial charge is 0.223 e. The molecule has 0 spiro atoms. The maximum Gasteiger partial charge on any atom is 0.223 e. The molecular formula is C17H26BrNO2. The third kappa shape index (κ3) is 2.67. The molecule has 4 heteroatoms. The Morgan fingerprint density at radius 2 is 1.76 bits per heavy atom. The summed E-state index contributed by atoms with van der Waals surface area (Å²) < 4.78 is 0.343. The lowest BCUT2D eigenvalue weighted by Gasteiger charge is -2.60. The van der Waals surface area contributed by atoms with E-state index in [-0.39, 0.29) is 11.5 Å². The van der Waals surface area contributed by atoms with Gasteiger partial charge < -0.3 is 10.0 Å². The maximum atomic E-state index is 12.7. The van der Waals surface area contributed by atoms with Crippen molar-refractivity contribution in [2.45, 2.75) is 68.2 Å². The molecule has 4 aliphatic carbocycles. The molecule has 1 N–H and O–H groups in total. The highest BCUT2D eigenvalue weighted by molar-refractivity contribution is 9.10. The number of aliphatic hydroxyl groups excluding tert-OH is 1. The Hall–Kier alpha value is -0.0900. The minimum absolute atomic E-state index is 0.195. The number of amides is 1. The molecule has 1 heterocycles. The number of alkyl halides is 1. The SMILES string of the molecule is O=C(CC12CC3CC(CC(Br)(C3)C1)C2)N1CCC(O)CC1. The fourth-order valence-electron chi connectivity index (χ4n) is 6.09. The molecule has 0 aromatic rings. The summed E-state index contributed by atoms with van der Waals surface area (Å²) in [7, 11) is 0. The number of nitrogens with zero attached hydrogens (tertiary/aromatic N) is 1. The van der Waals surface area contributed by atoms with Crippen LogP contribution in [0.2, 0.25) is 0 Å². The zero-order valence-electron chi connectivity index (χ0n) is 12.7. The number of hydrogen-bond donors (Lipinski definition) is 1. The fourth-order valence-corrected chi connectivity index (χ4v) is 7.60. The van der Waals surface area contributed by atoms with Gasteiger partial charge in [0.1, 0.15) is 0 Å². The number of rotatable bonds is 2. The molecule has 4 bridgehead atoms. The number of aliphatic hydroxyl groups is 1. The lowest BCUT2D eigenvalue weighted by Crippen LogP contribution is -2.54. The van der Waals surface area contributed by atoms with Crippen LogP contribution in [0.4, 0.5) is 0 Å². The Bertz CT molecular complexity index is 430. The van der Waals surface area contributed by atoms with Gasteiger partial charge >= 0.3 is 0 Å². The summed E-state index contributed by atoms with van der Waals surface area (Å²) >= 11 is 4.03. The molecule has 1 aliphatic heterocycles. The van der Waals surface area contributed by atoms with E-state index >= 15 is 0 Å². The van der Waals surface area contributed by atoms with Crippen LogP contribution in [0.3, 0.4) is 0 Å². The van der Waals surface area contributed by atoms with Crippen LogP contribution in [0.5, 0.6) is 0 Å². The van der Waals surface area contributed by atoms with E-state index in [0.29, 0.717) is 10.2 Å². The Balaban J connectivity index is 1.45. The number of hydrogen-bond acceptors (Lipinski definition) is 2. The van der Waals surface area contributed by atoms with E-state index in [1.807, 2.05) is 4.90 Å². The van der Waals surface area contributed by atoms with E-state index in [1.54, 1.807) is 0 Å². The molecule has 1 amide bonds. The average molecular weight is 356 g/mol. The van der Waals surface area contributed by atoms with Gasteiger partial charge in [-0.25, -0.2) is 0 Å². The largest absolute Gasteiger partial charge is 0.393 e. The average Bonchev–Trinajstić information content (AvgIpc) is 2.35. The first-order valence-corrected chi connectivity index (χ1v) is 9.39. The van der Waals surface area contributed by atoms with Gasteiger partial charge in [-0.2, -0.15) is 0 Å². The second-order valence-electron chi connectivity index (χ2n) is 8.40. The van der Waals surface area contributed by atoms with Gasteiger partial charge in [0.25, 0.3) is 0 Å².